The van der Waals surface area contributed by atoms with E-state index in [4.69, 9.17) is 20.8 Å². The highest BCUT2D eigenvalue weighted by atomic mass is 35.5. The highest BCUT2D eigenvalue weighted by Crippen LogP contribution is 2.30. The molecular weight excluding hydrogens is 561 g/mol. The Bertz CT molecular complexity index is 1740. The number of anilines is 1. The Hall–Kier alpha value is -5.02. The van der Waals surface area contributed by atoms with Gasteiger partial charge < -0.3 is 14.5 Å². The zero-order valence-corrected chi connectivity index (χ0v) is 23.4. The highest BCUT2D eigenvalue weighted by Gasteiger charge is 2.29. The third kappa shape index (κ3) is 6.16. The number of ether oxygens (including phenoxy) is 1. The van der Waals surface area contributed by atoms with Crippen LogP contribution in [-0.2, 0) is 16.1 Å². The predicted octanol–water partition coefficient (Wildman–Crippen LogP) is 6.65. The molecule has 0 saturated carbocycles. The number of halogens is 2. The second-order valence-electron chi connectivity index (χ2n) is 9.34. The van der Waals surface area contributed by atoms with Gasteiger partial charge in [0.2, 0.25) is 0 Å². The molecule has 8 nitrogen and oxygen atoms in total. The lowest BCUT2D eigenvalue weighted by molar-refractivity contribution is -0.114. The van der Waals surface area contributed by atoms with Gasteiger partial charge in [-0.1, -0.05) is 29.8 Å². The number of benzene rings is 3. The van der Waals surface area contributed by atoms with Gasteiger partial charge in [-0.25, -0.2) is 9.18 Å². The molecule has 0 saturated heterocycles. The maximum atomic E-state index is 13.2. The average molecular weight is 586 g/mol. The van der Waals surface area contributed by atoms with Crippen LogP contribution in [0.15, 0.2) is 94.0 Å². The largest absolute Gasteiger partial charge is 0.462 e. The molecule has 0 unspecified atom stereocenters. The molecule has 5 rings (SSSR count). The van der Waals surface area contributed by atoms with Crippen LogP contribution in [0.3, 0.4) is 0 Å². The first-order valence-corrected chi connectivity index (χ1v) is 13.4. The lowest BCUT2D eigenvalue weighted by atomic mass is 10.1. The minimum absolute atomic E-state index is 0.206. The number of nitrogens with one attached hydrogen (secondary N) is 1. The van der Waals surface area contributed by atoms with Crippen molar-refractivity contribution in [3.05, 3.63) is 118 Å². The van der Waals surface area contributed by atoms with E-state index in [9.17, 15) is 18.8 Å². The van der Waals surface area contributed by atoms with Crippen LogP contribution >= 0.6 is 11.6 Å². The van der Waals surface area contributed by atoms with Crippen LogP contribution in [0.1, 0.15) is 45.9 Å². The maximum absolute atomic E-state index is 13.2. The number of esters is 1. The molecule has 42 heavy (non-hydrogen) atoms. The number of hydrogen-bond donors (Lipinski definition) is 1. The Labute approximate surface area is 246 Å². The third-order valence-electron chi connectivity index (χ3n) is 6.44. The third-order valence-corrected chi connectivity index (χ3v) is 6.77. The minimum atomic E-state index is -0.485. The zero-order chi connectivity index (χ0) is 29.8. The van der Waals surface area contributed by atoms with Crippen LogP contribution < -0.4 is 10.3 Å². The predicted molar refractivity (Wildman–Crippen MR) is 158 cm³/mol. The number of carbonyl (C=O) groups is 3. The number of carbonyl (C=O) groups excluding carboxylic acids is 3. The Balaban J connectivity index is 1.32. The van der Waals surface area contributed by atoms with Gasteiger partial charge in [-0.15, -0.1) is 0 Å². The number of nitrogens with zero attached hydrogens (tertiary/aromatic N) is 2. The summed E-state index contributed by atoms with van der Waals surface area (Å²) in [4.78, 5) is 38.2. The van der Waals surface area contributed by atoms with Crippen molar-refractivity contribution < 1.29 is 27.9 Å². The molecule has 1 N–H and O–H groups in total. The number of furan rings is 1. The van der Waals surface area contributed by atoms with Crippen molar-refractivity contribution in [3.8, 4) is 11.3 Å². The SMILES string of the molecule is CCOC(=O)c1cccc(N2N=C(C)/C(=C/c3ccc(-c4ccc(Cl)c(C(=O)NCc5ccc(F)cc5)c4)o3)C2=O)c1. The number of hydrogen-bond acceptors (Lipinski definition) is 6. The molecule has 1 aliphatic heterocycles. The molecule has 0 spiro atoms. The molecule has 10 heteroatoms. The van der Waals surface area contributed by atoms with Crippen LogP contribution in [-0.4, -0.2) is 30.1 Å². The van der Waals surface area contributed by atoms with Crippen LogP contribution in [0.4, 0.5) is 10.1 Å². The molecule has 0 bridgehead atoms. The molecule has 0 fully saturated rings. The summed E-state index contributed by atoms with van der Waals surface area (Å²) in [5, 5.41) is 8.65. The summed E-state index contributed by atoms with van der Waals surface area (Å²) in [7, 11) is 0. The fraction of sp³-hybridized carbons (Fsp3) is 0.125. The number of amides is 2. The van der Waals surface area contributed by atoms with Gasteiger partial charge in [0.05, 0.1) is 39.7 Å². The fourth-order valence-corrected chi connectivity index (χ4v) is 4.50. The average Bonchev–Trinajstić information content (AvgIpc) is 3.57. The van der Waals surface area contributed by atoms with E-state index < -0.39 is 11.9 Å². The van der Waals surface area contributed by atoms with Gasteiger partial charge in [0.15, 0.2) is 0 Å². The van der Waals surface area contributed by atoms with E-state index in [1.54, 1.807) is 86.7 Å². The van der Waals surface area contributed by atoms with Gasteiger partial charge in [-0.05, 0) is 86.2 Å². The van der Waals surface area contributed by atoms with Crippen molar-refractivity contribution in [2.24, 2.45) is 5.10 Å². The summed E-state index contributed by atoms with van der Waals surface area (Å²) in [6, 6.07) is 20.7. The number of rotatable bonds is 8. The number of hydrazone groups is 1. The Morgan fingerprint density at radius 3 is 2.62 bits per heavy atom. The van der Waals surface area contributed by atoms with Crippen molar-refractivity contribution in [2.45, 2.75) is 20.4 Å². The van der Waals surface area contributed by atoms with Crippen molar-refractivity contribution in [2.75, 3.05) is 11.6 Å². The van der Waals surface area contributed by atoms with Gasteiger partial charge in [-0.2, -0.15) is 10.1 Å². The summed E-state index contributed by atoms with van der Waals surface area (Å²) in [5.41, 5.74) is 3.15. The van der Waals surface area contributed by atoms with Gasteiger partial charge in [0.25, 0.3) is 11.8 Å². The van der Waals surface area contributed by atoms with Crippen LogP contribution in [0, 0.1) is 5.82 Å². The van der Waals surface area contributed by atoms with Crippen LogP contribution in [0.5, 0.6) is 0 Å². The molecule has 2 amide bonds. The maximum Gasteiger partial charge on any atom is 0.338 e. The Morgan fingerprint density at radius 1 is 1.07 bits per heavy atom. The lowest BCUT2D eigenvalue weighted by Crippen LogP contribution is -2.23. The normalized spacial score (nSPS) is 13.8. The molecule has 0 aliphatic carbocycles. The summed E-state index contributed by atoms with van der Waals surface area (Å²) in [6.45, 7) is 3.87. The first-order valence-electron chi connectivity index (χ1n) is 13.0. The molecule has 0 radical (unpaired) electrons. The van der Waals surface area contributed by atoms with Gasteiger partial charge in [-0.3, -0.25) is 9.59 Å². The Morgan fingerprint density at radius 2 is 1.86 bits per heavy atom. The van der Waals surface area contributed by atoms with E-state index in [-0.39, 0.29) is 35.5 Å². The van der Waals surface area contributed by atoms with Crippen molar-refractivity contribution in [3.63, 3.8) is 0 Å². The standard InChI is InChI=1S/C32H25ClFN3O5/c1-3-41-32(40)22-5-4-6-24(15-22)37-31(39)26(19(2)36-37)17-25-12-14-29(42-25)21-9-13-28(33)27(16-21)30(38)35-18-20-7-10-23(34)11-8-20/h4-17H,3,18H2,1-2H3,(H,35,38)/b26-17-. The van der Waals surface area contributed by atoms with E-state index in [1.807, 2.05) is 0 Å². The van der Waals surface area contributed by atoms with E-state index in [0.717, 1.165) is 5.56 Å². The topological polar surface area (TPSA) is 101 Å². The first-order chi connectivity index (χ1) is 20.2. The van der Waals surface area contributed by atoms with E-state index in [2.05, 4.69) is 10.4 Å². The van der Waals surface area contributed by atoms with E-state index in [1.165, 1.54) is 17.1 Å². The molecule has 3 aromatic carbocycles. The monoisotopic (exact) mass is 585 g/mol. The van der Waals surface area contributed by atoms with Gasteiger partial charge >= 0.3 is 5.97 Å². The second-order valence-corrected chi connectivity index (χ2v) is 9.74. The van der Waals surface area contributed by atoms with Gasteiger partial charge in [0.1, 0.15) is 17.3 Å². The second kappa shape index (κ2) is 12.2. The molecular formula is C32H25ClFN3O5. The van der Waals surface area contributed by atoms with Crippen LogP contribution in [0.25, 0.3) is 17.4 Å². The summed E-state index contributed by atoms with van der Waals surface area (Å²) in [6.07, 6.45) is 1.59. The first kappa shape index (κ1) is 28.5. The van der Waals surface area contributed by atoms with Crippen molar-refractivity contribution >= 4 is 46.9 Å². The van der Waals surface area contributed by atoms with E-state index in [0.29, 0.717) is 39.6 Å². The smallest absolute Gasteiger partial charge is 0.338 e. The minimum Gasteiger partial charge on any atom is -0.462 e. The van der Waals surface area contributed by atoms with E-state index >= 15 is 0 Å². The molecule has 1 aliphatic rings. The lowest BCUT2D eigenvalue weighted by Gasteiger charge is -2.12. The van der Waals surface area contributed by atoms with Crippen molar-refractivity contribution in [1.29, 1.82) is 0 Å². The summed E-state index contributed by atoms with van der Waals surface area (Å²) in [5.74, 6) is -0.741. The highest BCUT2D eigenvalue weighted by molar-refractivity contribution is 6.34. The van der Waals surface area contributed by atoms with Crippen LogP contribution in [0.2, 0.25) is 5.02 Å². The fourth-order valence-electron chi connectivity index (χ4n) is 4.30. The molecule has 212 valence electrons. The molecule has 2 heterocycles. The molecule has 4 aromatic rings. The molecule has 1 aromatic heterocycles. The van der Waals surface area contributed by atoms with Gasteiger partial charge in [0, 0.05) is 12.1 Å². The van der Waals surface area contributed by atoms with Crippen molar-refractivity contribution in [1.82, 2.24) is 5.32 Å². The Kier molecular flexibility index (Phi) is 8.31. The molecule has 0 atom stereocenters. The quantitative estimate of drug-likeness (QED) is 0.184. The zero-order valence-electron chi connectivity index (χ0n) is 22.7. The summed E-state index contributed by atoms with van der Waals surface area (Å²) >= 11 is 6.31. The summed E-state index contributed by atoms with van der Waals surface area (Å²) < 4.78 is 24.2.